The molecule has 2 aromatic carbocycles. The average molecular weight is 396 g/mol. The van der Waals surface area contributed by atoms with E-state index in [2.05, 4.69) is 10.3 Å². The molecule has 1 aliphatic rings. The van der Waals surface area contributed by atoms with Crippen molar-refractivity contribution >= 4 is 18.1 Å². The van der Waals surface area contributed by atoms with Gasteiger partial charge in [0.15, 0.2) is 4.77 Å². The number of nitrogens with one attached hydrogen (secondary N) is 2. The number of benzene rings is 2. The first-order valence-electron chi connectivity index (χ1n) is 9.49. The van der Waals surface area contributed by atoms with Gasteiger partial charge >= 0.3 is 0 Å². The number of aromatic nitrogens is 2. The molecule has 1 fully saturated rings. The van der Waals surface area contributed by atoms with Crippen molar-refractivity contribution in [3.63, 3.8) is 0 Å². The fourth-order valence-corrected chi connectivity index (χ4v) is 4.39. The fourth-order valence-electron chi connectivity index (χ4n) is 4.13. The summed E-state index contributed by atoms with van der Waals surface area (Å²) in [7, 11) is 0. The van der Waals surface area contributed by atoms with E-state index in [1.165, 1.54) is 12.1 Å². The van der Waals surface area contributed by atoms with Crippen LogP contribution in [0.2, 0.25) is 0 Å². The van der Waals surface area contributed by atoms with Crippen LogP contribution in [-0.4, -0.2) is 22.0 Å². The van der Waals surface area contributed by atoms with E-state index in [1.54, 1.807) is 10.8 Å². The smallest absolute Gasteiger partial charge is 0.269 e. The minimum Gasteiger partial charge on any atom is -0.350 e. The number of hydrogen-bond donors (Lipinski definition) is 2. The summed E-state index contributed by atoms with van der Waals surface area (Å²) in [4.78, 5) is 15.9. The van der Waals surface area contributed by atoms with Crippen molar-refractivity contribution < 1.29 is 9.18 Å². The second kappa shape index (κ2) is 7.72. The Kier molecular flexibility index (Phi) is 5.13. The monoisotopic (exact) mass is 395 g/mol. The van der Waals surface area contributed by atoms with Gasteiger partial charge in [-0.05, 0) is 54.9 Å². The van der Waals surface area contributed by atoms with E-state index in [-0.39, 0.29) is 17.1 Å². The normalized spacial score (nSPS) is 15.5. The van der Waals surface area contributed by atoms with Crippen LogP contribution in [0, 0.1) is 10.6 Å². The van der Waals surface area contributed by atoms with E-state index in [0.29, 0.717) is 17.0 Å². The Labute approximate surface area is 168 Å². The maximum absolute atomic E-state index is 13.4. The van der Waals surface area contributed by atoms with Gasteiger partial charge in [0, 0.05) is 23.8 Å². The van der Waals surface area contributed by atoms with Crippen LogP contribution in [0.1, 0.15) is 41.7 Å². The number of nitrogens with zero attached hydrogens (tertiary/aromatic N) is 1. The van der Waals surface area contributed by atoms with Gasteiger partial charge in [-0.3, -0.25) is 9.36 Å². The molecule has 4 nitrogen and oxygen atoms in total. The van der Waals surface area contributed by atoms with Crippen molar-refractivity contribution in [3.8, 4) is 5.69 Å². The van der Waals surface area contributed by atoms with Crippen LogP contribution in [-0.2, 0) is 5.41 Å². The molecule has 1 heterocycles. The highest BCUT2D eigenvalue weighted by Gasteiger charge is 2.36. The minimum absolute atomic E-state index is 0.145. The van der Waals surface area contributed by atoms with Gasteiger partial charge in [0.2, 0.25) is 0 Å². The van der Waals surface area contributed by atoms with Crippen molar-refractivity contribution in [3.05, 3.63) is 82.6 Å². The lowest BCUT2D eigenvalue weighted by Gasteiger charge is -2.30. The van der Waals surface area contributed by atoms with Crippen molar-refractivity contribution in [2.24, 2.45) is 0 Å². The molecule has 0 radical (unpaired) electrons. The molecule has 28 heavy (non-hydrogen) atoms. The van der Waals surface area contributed by atoms with Crippen LogP contribution in [0.4, 0.5) is 4.39 Å². The quantitative estimate of drug-likeness (QED) is 0.603. The van der Waals surface area contributed by atoms with E-state index in [0.717, 1.165) is 36.9 Å². The van der Waals surface area contributed by atoms with E-state index >= 15 is 0 Å². The molecular weight excluding hydrogens is 373 g/mol. The number of aromatic amines is 1. The van der Waals surface area contributed by atoms with Crippen molar-refractivity contribution in [2.45, 2.75) is 31.1 Å². The Bertz CT molecular complexity index is 1020. The van der Waals surface area contributed by atoms with Crippen molar-refractivity contribution in [1.29, 1.82) is 0 Å². The number of imidazole rings is 1. The number of carbonyl (C=O) groups is 1. The number of H-pyrrole nitrogens is 1. The highest BCUT2D eigenvalue weighted by Crippen LogP contribution is 2.40. The number of carbonyl (C=O) groups excluding carboxylic acids is 1. The summed E-state index contributed by atoms with van der Waals surface area (Å²) in [5, 5.41) is 3.10. The zero-order valence-electron chi connectivity index (χ0n) is 15.5. The van der Waals surface area contributed by atoms with E-state index in [9.17, 15) is 9.18 Å². The van der Waals surface area contributed by atoms with Gasteiger partial charge in [-0.1, -0.05) is 43.2 Å². The summed E-state index contributed by atoms with van der Waals surface area (Å²) < 4.78 is 15.6. The van der Waals surface area contributed by atoms with Gasteiger partial charge in [0.25, 0.3) is 5.91 Å². The van der Waals surface area contributed by atoms with Crippen LogP contribution >= 0.6 is 12.2 Å². The first kappa shape index (κ1) is 18.6. The molecule has 0 saturated heterocycles. The molecule has 0 unspecified atom stereocenters. The summed E-state index contributed by atoms with van der Waals surface area (Å²) in [6.07, 6.45) is 5.83. The topological polar surface area (TPSA) is 49.8 Å². The molecule has 144 valence electrons. The molecule has 0 atom stereocenters. The van der Waals surface area contributed by atoms with Crippen LogP contribution in [0.25, 0.3) is 5.69 Å². The lowest BCUT2D eigenvalue weighted by molar-refractivity contribution is 0.0936. The number of hydrogen-bond acceptors (Lipinski definition) is 2. The van der Waals surface area contributed by atoms with Crippen LogP contribution in [0.15, 0.2) is 60.8 Å². The number of amides is 1. The molecule has 2 N–H and O–H groups in total. The molecule has 3 aromatic rings. The second-order valence-electron chi connectivity index (χ2n) is 7.33. The molecule has 1 saturated carbocycles. The van der Waals surface area contributed by atoms with Crippen LogP contribution in [0.3, 0.4) is 0 Å². The fraction of sp³-hybridized carbons (Fsp3) is 0.273. The van der Waals surface area contributed by atoms with Gasteiger partial charge < -0.3 is 10.3 Å². The first-order chi connectivity index (χ1) is 13.6. The maximum Gasteiger partial charge on any atom is 0.269 e. The lowest BCUT2D eigenvalue weighted by atomic mass is 9.79. The predicted molar refractivity (Wildman–Crippen MR) is 110 cm³/mol. The molecule has 1 amide bonds. The number of para-hydroxylation sites is 1. The summed E-state index contributed by atoms with van der Waals surface area (Å²) in [5.74, 6) is -0.417. The summed E-state index contributed by atoms with van der Waals surface area (Å²) in [6.45, 7) is 0.518. The van der Waals surface area contributed by atoms with Gasteiger partial charge in [-0.2, -0.15) is 0 Å². The lowest BCUT2D eigenvalue weighted by Crippen LogP contribution is -2.39. The standard InChI is InChI=1S/C22H22FN3OS/c23-17-10-8-16(9-11-17)22(12-4-5-13-22)15-25-20(27)19-14-24-21(28)26(19)18-6-2-1-3-7-18/h1-3,6-11,14H,4-5,12-13,15H2,(H,24,28)(H,25,27). The zero-order chi connectivity index (χ0) is 19.6. The SMILES string of the molecule is O=C(NCC1(c2ccc(F)cc2)CCCC1)c1c[nH]c(=S)n1-c1ccccc1. The summed E-state index contributed by atoms with van der Waals surface area (Å²) in [5.41, 5.74) is 2.26. The Morgan fingerprint density at radius 3 is 2.46 bits per heavy atom. The van der Waals surface area contributed by atoms with Crippen LogP contribution in [0.5, 0.6) is 0 Å². The minimum atomic E-state index is -0.241. The third-order valence-corrected chi connectivity index (χ3v) is 5.93. The van der Waals surface area contributed by atoms with Gasteiger partial charge in [0.05, 0.1) is 0 Å². The third-order valence-electron chi connectivity index (χ3n) is 5.63. The Morgan fingerprint density at radius 2 is 1.79 bits per heavy atom. The first-order valence-corrected chi connectivity index (χ1v) is 9.90. The van der Waals surface area contributed by atoms with Crippen molar-refractivity contribution in [2.75, 3.05) is 6.54 Å². The van der Waals surface area contributed by atoms with Gasteiger partial charge in [-0.15, -0.1) is 0 Å². The molecule has 4 rings (SSSR count). The van der Waals surface area contributed by atoms with E-state index in [1.807, 2.05) is 42.5 Å². The molecule has 0 spiro atoms. The highest BCUT2D eigenvalue weighted by molar-refractivity contribution is 7.71. The zero-order valence-corrected chi connectivity index (χ0v) is 16.3. The Hall–Kier alpha value is -2.73. The summed E-state index contributed by atoms with van der Waals surface area (Å²) in [6, 6.07) is 16.2. The van der Waals surface area contributed by atoms with Gasteiger partial charge in [-0.25, -0.2) is 4.39 Å². The van der Waals surface area contributed by atoms with Gasteiger partial charge in [0.1, 0.15) is 11.5 Å². The second-order valence-corrected chi connectivity index (χ2v) is 7.71. The molecule has 1 aliphatic carbocycles. The average Bonchev–Trinajstić information content (AvgIpc) is 3.35. The van der Waals surface area contributed by atoms with Crippen LogP contribution < -0.4 is 5.32 Å². The number of halogens is 1. The Balaban J connectivity index is 1.58. The third kappa shape index (κ3) is 3.52. The van der Waals surface area contributed by atoms with E-state index in [4.69, 9.17) is 12.2 Å². The van der Waals surface area contributed by atoms with E-state index < -0.39 is 0 Å². The molecule has 0 aliphatic heterocycles. The molecule has 1 aromatic heterocycles. The maximum atomic E-state index is 13.4. The number of rotatable bonds is 5. The largest absolute Gasteiger partial charge is 0.350 e. The Morgan fingerprint density at radius 1 is 1.11 bits per heavy atom. The molecular formula is C22H22FN3OS. The molecule has 0 bridgehead atoms. The highest BCUT2D eigenvalue weighted by atomic mass is 32.1. The molecule has 6 heteroatoms. The summed E-state index contributed by atoms with van der Waals surface area (Å²) >= 11 is 5.37. The van der Waals surface area contributed by atoms with Crippen molar-refractivity contribution in [1.82, 2.24) is 14.9 Å². The predicted octanol–water partition coefficient (Wildman–Crippen LogP) is 4.92.